The van der Waals surface area contributed by atoms with Crippen molar-refractivity contribution in [3.8, 4) is 0 Å². The summed E-state index contributed by atoms with van der Waals surface area (Å²) in [6, 6.07) is 0. The summed E-state index contributed by atoms with van der Waals surface area (Å²) >= 11 is 1.48. The third-order valence-corrected chi connectivity index (χ3v) is 4.17. The van der Waals surface area contributed by atoms with E-state index in [4.69, 9.17) is 0 Å². The van der Waals surface area contributed by atoms with Gasteiger partial charge in [0.1, 0.15) is 0 Å². The van der Waals surface area contributed by atoms with E-state index in [1.54, 1.807) is 0 Å². The van der Waals surface area contributed by atoms with E-state index in [-0.39, 0.29) is 0 Å². The first-order valence-electron chi connectivity index (χ1n) is 4.75. The summed E-state index contributed by atoms with van der Waals surface area (Å²) in [6.07, 6.45) is 10.3. The molecule has 0 amide bonds. The second-order valence-electron chi connectivity index (χ2n) is 3.20. The Morgan fingerprint density at radius 3 is 2.64 bits per heavy atom. The van der Waals surface area contributed by atoms with Crippen molar-refractivity contribution in [2.24, 2.45) is 0 Å². The van der Waals surface area contributed by atoms with Crippen LogP contribution in [0.3, 0.4) is 0 Å². The molecule has 1 heteroatoms. The summed E-state index contributed by atoms with van der Waals surface area (Å²) in [5.74, 6) is 0. The molecule has 0 saturated carbocycles. The average Bonchev–Trinajstić information content (AvgIpc) is 2.04. The summed E-state index contributed by atoms with van der Waals surface area (Å²) in [4.78, 5) is 0. The molecule has 0 rings (SSSR count). The van der Waals surface area contributed by atoms with Gasteiger partial charge in [0.15, 0.2) is 0 Å². The number of hydrogen-bond acceptors (Lipinski definition) is 0. The van der Waals surface area contributed by atoms with Crippen LogP contribution in [-0.4, -0.2) is 0 Å². The Labute approximate surface area is 81.1 Å². The third kappa shape index (κ3) is 8.27. The summed E-state index contributed by atoms with van der Waals surface area (Å²) in [6.45, 7) is 6.02. The van der Waals surface area contributed by atoms with Crippen molar-refractivity contribution >= 4 is 0 Å². The van der Waals surface area contributed by atoms with Crippen LogP contribution in [0.15, 0.2) is 12.7 Å². The molecule has 0 N–H and O–H groups in total. The molecule has 0 fully saturated rings. The fraction of sp³-hybridized carbons (Fsp3) is 0.800. The maximum absolute atomic E-state index is 3.72. The molecular weight excluding hydrogens is 185 g/mol. The van der Waals surface area contributed by atoms with Gasteiger partial charge in [-0.05, 0) is 0 Å². The first-order chi connectivity index (χ1) is 5.31. The zero-order chi connectivity index (χ0) is 8.53. The number of unbranched alkanes of at least 4 members (excludes halogenated alkanes) is 3. The molecule has 61 valence electrons. The van der Waals surface area contributed by atoms with Crippen molar-refractivity contribution in [1.29, 1.82) is 0 Å². The molecule has 11 heavy (non-hydrogen) atoms. The first kappa shape index (κ1) is 11.4. The van der Waals surface area contributed by atoms with Gasteiger partial charge in [-0.1, -0.05) is 0 Å². The van der Waals surface area contributed by atoms with Crippen molar-refractivity contribution in [3.63, 3.8) is 0 Å². The molecule has 1 atom stereocenters. The van der Waals surface area contributed by atoms with Gasteiger partial charge in [-0.25, -0.2) is 0 Å². The van der Waals surface area contributed by atoms with Crippen LogP contribution in [0.2, 0.25) is 4.51 Å². The van der Waals surface area contributed by atoms with Crippen LogP contribution in [0, 0.1) is 0 Å². The average molecular weight is 205 g/mol. The van der Waals surface area contributed by atoms with Gasteiger partial charge in [0.2, 0.25) is 0 Å². The number of allylic oxidation sites excluding steroid dienone is 1. The molecule has 0 radical (unpaired) electrons. The van der Waals surface area contributed by atoms with Crippen LogP contribution < -0.4 is 0 Å². The van der Waals surface area contributed by atoms with Crippen LogP contribution >= 0.6 is 0 Å². The van der Waals surface area contributed by atoms with E-state index < -0.39 is 0 Å². The summed E-state index contributed by atoms with van der Waals surface area (Å²) in [7, 11) is 0. The van der Waals surface area contributed by atoms with Gasteiger partial charge in [-0.3, -0.25) is 0 Å². The van der Waals surface area contributed by atoms with E-state index in [0.717, 1.165) is 4.51 Å². The fourth-order valence-corrected chi connectivity index (χ4v) is 1.71. The molecule has 0 aromatic heterocycles. The molecule has 0 aromatic carbocycles. The normalized spacial score (nSPS) is 13.0. The van der Waals surface area contributed by atoms with Gasteiger partial charge in [-0.15, -0.1) is 0 Å². The van der Waals surface area contributed by atoms with E-state index in [9.17, 15) is 0 Å². The maximum atomic E-state index is 3.72. The minimum absolute atomic E-state index is 1.05. The summed E-state index contributed by atoms with van der Waals surface area (Å²) in [5, 5.41) is 0. The molecule has 0 aromatic rings. The third-order valence-electron chi connectivity index (χ3n) is 2.10. The van der Waals surface area contributed by atoms with Crippen LogP contribution in [-0.2, 0) is 18.3 Å². The number of rotatable bonds is 7. The van der Waals surface area contributed by atoms with Crippen molar-refractivity contribution < 1.29 is 18.3 Å². The molecule has 0 heterocycles. The Bertz CT molecular complexity index is 88.9. The van der Waals surface area contributed by atoms with E-state index in [2.05, 4.69) is 13.5 Å². The Morgan fingerprint density at radius 2 is 2.09 bits per heavy atom. The zero-order valence-electron chi connectivity index (χ0n) is 7.81. The van der Waals surface area contributed by atoms with Crippen LogP contribution in [0.5, 0.6) is 0 Å². The molecular formula is C10H19Zn. The number of hydrogen-bond donors (Lipinski definition) is 0. The van der Waals surface area contributed by atoms with Crippen LogP contribution in [0.1, 0.15) is 45.4 Å². The van der Waals surface area contributed by atoms with E-state index in [1.807, 2.05) is 6.08 Å². The van der Waals surface area contributed by atoms with E-state index in [0.29, 0.717) is 0 Å². The molecule has 0 saturated heterocycles. The summed E-state index contributed by atoms with van der Waals surface area (Å²) in [5.41, 5.74) is 0. The quantitative estimate of drug-likeness (QED) is 0.336. The zero-order valence-corrected chi connectivity index (χ0v) is 10.8. The molecule has 0 nitrogen and oxygen atoms in total. The molecule has 0 aliphatic rings. The fourth-order valence-electron chi connectivity index (χ4n) is 1.10. The van der Waals surface area contributed by atoms with Gasteiger partial charge in [0.25, 0.3) is 0 Å². The second kappa shape index (κ2) is 8.46. The van der Waals surface area contributed by atoms with Gasteiger partial charge in [0, 0.05) is 0 Å². The van der Waals surface area contributed by atoms with Crippen molar-refractivity contribution in [1.82, 2.24) is 0 Å². The second-order valence-corrected chi connectivity index (χ2v) is 5.62. The first-order valence-corrected chi connectivity index (χ1v) is 6.46. The molecule has 1 unspecified atom stereocenters. The monoisotopic (exact) mass is 203 g/mol. The molecule has 0 aliphatic heterocycles. The van der Waals surface area contributed by atoms with Gasteiger partial charge in [-0.2, -0.15) is 0 Å². The minimum atomic E-state index is 1.05. The molecule has 0 spiro atoms. The van der Waals surface area contributed by atoms with Crippen LogP contribution in [0.4, 0.5) is 0 Å². The van der Waals surface area contributed by atoms with Crippen molar-refractivity contribution in [2.75, 3.05) is 0 Å². The van der Waals surface area contributed by atoms with E-state index >= 15 is 0 Å². The standard InChI is InChI=1S/C10H19.Zn/c1-3-5-7-9-10-8-6-4-2;/h3,6H,1,4-5,7-10H2,2H3;. The Kier molecular flexibility index (Phi) is 8.74. The Morgan fingerprint density at radius 1 is 1.36 bits per heavy atom. The summed E-state index contributed by atoms with van der Waals surface area (Å²) < 4.78 is 1.05. The predicted molar refractivity (Wildman–Crippen MR) is 47.3 cm³/mol. The topological polar surface area (TPSA) is 0 Å². The SMILES string of the molecule is C=CCCCCC[CH]([Zn])CC. The van der Waals surface area contributed by atoms with Crippen molar-refractivity contribution in [2.45, 2.75) is 50.0 Å². The Hall–Kier alpha value is 0.363. The van der Waals surface area contributed by atoms with Crippen LogP contribution in [0.25, 0.3) is 0 Å². The van der Waals surface area contributed by atoms with E-state index in [1.165, 1.54) is 56.8 Å². The Balaban J connectivity index is 2.95. The van der Waals surface area contributed by atoms with Gasteiger partial charge in [0.05, 0.1) is 0 Å². The van der Waals surface area contributed by atoms with Gasteiger partial charge >= 0.3 is 80.9 Å². The van der Waals surface area contributed by atoms with Gasteiger partial charge < -0.3 is 0 Å². The molecule has 0 bridgehead atoms. The molecule has 0 aliphatic carbocycles. The van der Waals surface area contributed by atoms with Crippen molar-refractivity contribution in [3.05, 3.63) is 12.7 Å². The predicted octanol–water partition coefficient (Wildman–Crippen LogP) is 3.87.